The van der Waals surface area contributed by atoms with Crippen LogP contribution in [0.25, 0.3) is 22.0 Å². The number of carbonyl (C=O) groups excluding carboxylic acids is 1. The minimum Gasteiger partial charge on any atom is -0.503 e. The van der Waals surface area contributed by atoms with Crippen LogP contribution in [0.5, 0.6) is 5.75 Å². The zero-order chi connectivity index (χ0) is 24.7. The van der Waals surface area contributed by atoms with Gasteiger partial charge in [-0.25, -0.2) is 8.78 Å². The van der Waals surface area contributed by atoms with Crippen LogP contribution in [0.15, 0.2) is 42.7 Å². The maximum absolute atomic E-state index is 14.1. The van der Waals surface area contributed by atoms with Crippen molar-refractivity contribution in [3.63, 3.8) is 0 Å². The first-order valence-corrected chi connectivity index (χ1v) is 11.4. The van der Waals surface area contributed by atoms with Crippen LogP contribution >= 0.6 is 0 Å². The fourth-order valence-electron chi connectivity index (χ4n) is 4.69. The molecular weight excluding hydrogens is 459 g/mol. The number of nitrogens with zero attached hydrogens (tertiary/aromatic N) is 4. The van der Waals surface area contributed by atoms with Gasteiger partial charge >= 0.3 is 0 Å². The number of aromatic hydroxyl groups is 1. The van der Waals surface area contributed by atoms with Gasteiger partial charge < -0.3 is 10.4 Å². The zero-order valence-corrected chi connectivity index (χ0v) is 19.0. The van der Waals surface area contributed by atoms with Gasteiger partial charge in [-0.2, -0.15) is 9.49 Å². The van der Waals surface area contributed by atoms with Crippen LogP contribution in [0.1, 0.15) is 42.1 Å². The summed E-state index contributed by atoms with van der Waals surface area (Å²) in [6.45, 7) is 0.400. The molecule has 35 heavy (non-hydrogen) atoms. The maximum atomic E-state index is 14.1. The lowest BCUT2D eigenvalue weighted by atomic mass is 9.86. The Balaban J connectivity index is 1.20. The summed E-state index contributed by atoms with van der Waals surface area (Å²) in [5.74, 6) is -4.28. The van der Waals surface area contributed by atoms with E-state index in [2.05, 4.69) is 10.4 Å². The molecule has 0 radical (unpaired) electrons. The summed E-state index contributed by atoms with van der Waals surface area (Å²) in [4.78, 5) is 12.3. The van der Waals surface area contributed by atoms with E-state index < -0.39 is 29.2 Å². The summed E-state index contributed by atoms with van der Waals surface area (Å²) >= 11 is 0. The predicted molar refractivity (Wildman–Crippen MR) is 123 cm³/mol. The molecule has 0 aliphatic heterocycles. The predicted octanol–water partition coefficient (Wildman–Crippen LogP) is 4.72. The van der Waals surface area contributed by atoms with Gasteiger partial charge in [0, 0.05) is 36.9 Å². The van der Waals surface area contributed by atoms with Crippen molar-refractivity contribution in [2.45, 2.75) is 31.7 Å². The molecule has 2 heterocycles. The van der Waals surface area contributed by atoms with E-state index in [9.17, 15) is 23.1 Å². The maximum Gasteiger partial charge on any atom is 0.251 e. The molecule has 10 heteroatoms. The van der Waals surface area contributed by atoms with Crippen molar-refractivity contribution in [2.75, 3.05) is 6.54 Å². The Hall–Kier alpha value is -3.82. The first kappa shape index (κ1) is 22.9. The number of phenols is 1. The smallest absolute Gasteiger partial charge is 0.251 e. The molecule has 1 amide bonds. The number of rotatable bonds is 5. The summed E-state index contributed by atoms with van der Waals surface area (Å²) in [5, 5.41) is 21.4. The average molecular weight is 483 g/mol. The SMILES string of the molecule is Cn1cc(-c2ccc3cn([C@H]4CC[C@H](CNC(=O)c5cc(F)c(O)c(F)c5)CC4)nc3c2)c(F)n1. The number of amides is 1. The topological polar surface area (TPSA) is 85.0 Å². The molecule has 1 aliphatic rings. The van der Waals surface area contributed by atoms with Crippen molar-refractivity contribution in [1.29, 1.82) is 0 Å². The number of carbonyl (C=O) groups is 1. The number of aryl methyl sites for hydroxylation is 1. The molecule has 1 aliphatic carbocycles. The third-order valence-electron chi connectivity index (χ3n) is 6.64. The van der Waals surface area contributed by atoms with Crippen LogP contribution in [0.4, 0.5) is 13.2 Å². The molecule has 1 fully saturated rings. The van der Waals surface area contributed by atoms with Crippen LogP contribution in [0.3, 0.4) is 0 Å². The minimum atomic E-state index is -1.17. The fourth-order valence-corrected chi connectivity index (χ4v) is 4.69. The molecule has 5 rings (SSSR count). The normalized spacial score (nSPS) is 18.2. The van der Waals surface area contributed by atoms with Gasteiger partial charge in [-0.3, -0.25) is 14.2 Å². The Morgan fingerprint density at radius 3 is 2.43 bits per heavy atom. The van der Waals surface area contributed by atoms with Crippen molar-refractivity contribution < 1.29 is 23.1 Å². The lowest BCUT2D eigenvalue weighted by molar-refractivity contribution is 0.0940. The number of fused-ring (bicyclic) bond motifs is 1. The van der Waals surface area contributed by atoms with Crippen molar-refractivity contribution in [2.24, 2.45) is 13.0 Å². The number of nitrogens with one attached hydrogen (secondary N) is 1. The highest BCUT2D eigenvalue weighted by Gasteiger charge is 2.24. The summed E-state index contributed by atoms with van der Waals surface area (Å²) in [6.07, 6.45) is 7.13. The van der Waals surface area contributed by atoms with Gasteiger partial charge in [0.25, 0.3) is 5.91 Å². The molecule has 2 aromatic carbocycles. The fraction of sp³-hybridized carbons (Fsp3) is 0.320. The highest BCUT2D eigenvalue weighted by Crippen LogP contribution is 2.33. The van der Waals surface area contributed by atoms with Crippen LogP contribution in [-0.2, 0) is 7.05 Å². The highest BCUT2D eigenvalue weighted by molar-refractivity contribution is 5.94. The molecule has 0 bridgehead atoms. The van der Waals surface area contributed by atoms with Gasteiger partial charge in [-0.05, 0) is 55.4 Å². The molecule has 0 atom stereocenters. The minimum absolute atomic E-state index is 0.166. The van der Waals surface area contributed by atoms with Gasteiger partial charge in [0.1, 0.15) is 0 Å². The van der Waals surface area contributed by atoms with Crippen LogP contribution in [0, 0.1) is 23.5 Å². The van der Waals surface area contributed by atoms with E-state index in [-0.39, 0.29) is 17.5 Å². The summed E-state index contributed by atoms with van der Waals surface area (Å²) in [5.41, 5.74) is 1.78. The standard InChI is InChI=1S/C25H24F3N5O2/c1-32-13-19(24(28)31-32)15-4-5-16-12-33(30-22(16)10-15)18-6-2-14(3-7-18)11-29-25(35)17-8-20(26)23(34)21(27)9-17/h4-5,8-10,12-14,18,34H,2-3,6-7,11H2,1H3,(H,29,35)/t14-,18-. The van der Waals surface area contributed by atoms with Gasteiger partial charge in [-0.15, -0.1) is 5.10 Å². The Kier molecular flexibility index (Phi) is 5.96. The Bertz CT molecular complexity index is 1380. The Labute approximate surface area is 199 Å². The quantitative estimate of drug-likeness (QED) is 0.430. The van der Waals surface area contributed by atoms with E-state index in [1.54, 1.807) is 13.2 Å². The van der Waals surface area contributed by atoms with Gasteiger partial charge in [0.2, 0.25) is 5.95 Å². The van der Waals surface area contributed by atoms with E-state index in [1.807, 2.05) is 29.1 Å². The van der Waals surface area contributed by atoms with Crippen LogP contribution in [0.2, 0.25) is 0 Å². The second kappa shape index (κ2) is 9.09. The Morgan fingerprint density at radius 1 is 1.06 bits per heavy atom. The zero-order valence-electron chi connectivity index (χ0n) is 19.0. The van der Waals surface area contributed by atoms with E-state index in [0.717, 1.165) is 54.3 Å². The van der Waals surface area contributed by atoms with Crippen LogP contribution in [-0.4, -0.2) is 37.1 Å². The first-order chi connectivity index (χ1) is 16.8. The highest BCUT2D eigenvalue weighted by atomic mass is 19.1. The monoisotopic (exact) mass is 483 g/mol. The van der Waals surface area contributed by atoms with Crippen molar-refractivity contribution in [3.8, 4) is 16.9 Å². The summed E-state index contributed by atoms with van der Waals surface area (Å²) < 4.78 is 44.5. The molecule has 0 saturated heterocycles. The third kappa shape index (κ3) is 4.60. The van der Waals surface area contributed by atoms with Crippen molar-refractivity contribution >= 4 is 16.8 Å². The van der Waals surface area contributed by atoms with Gasteiger partial charge in [0.15, 0.2) is 17.4 Å². The number of hydrogen-bond donors (Lipinski definition) is 2. The van der Waals surface area contributed by atoms with E-state index in [0.29, 0.717) is 12.1 Å². The second-order valence-corrected chi connectivity index (χ2v) is 9.06. The average Bonchev–Trinajstić information content (AvgIpc) is 3.42. The lowest BCUT2D eigenvalue weighted by Crippen LogP contribution is -2.31. The van der Waals surface area contributed by atoms with Crippen molar-refractivity contribution in [3.05, 3.63) is 65.9 Å². The van der Waals surface area contributed by atoms with E-state index in [4.69, 9.17) is 5.10 Å². The molecular formula is C25H24F3N5O2. The number of halogens is 3. The summed E-state index contributed by atoms with van der Waals surface area (Å²) in [7, 11) is 1.68. The van der Waals surface area contributed by atoms with Gasteiger partial charge in [0.05, 0.1) is 17.1 Å². The summed E-state index contributed by atoms with van der Waals surface area (Å²) in [6, 6.07) is 7.51. The first-order valence-electron chi connectivity index (χ1n) is 11.4. The van der Waals surface area contributed by atoms with Crippen molar-refractivity contribution in [1.82, 2.24) is 24.9 Å². The molecule has 2 aromatic heterocycles. The third-order valence-corrected chi connectivity index (χ3v) is 6.64. The second-order valence-electron chi connectivity index (χ2n) is 9.06. The molecule has 182 valence electrons. The molecule has 4 aromatic rings. The van der Waals surface area contributed by atoms with Crippen LogP contribution < -0.4 is 5.32 Å². The Morgan fingerprint density at radius 2 is 1.77 bits per heavy atom. The largest absolute Gasteiger partial charge is 0.503 e. The number of hydrogen-bond acceptors (Lipinski definition) is 4. The molecule has 7 nitrogen and oxygen atoms in total. The molecule has 2 N–H and O–H groups in total. The molecule has 0 spiro atoms. The lowest BCUT2D eigenvalue weighted by Gasteiger charge is -2.28. The van der Waals surface area contributed by atoms with E-state index in [1.165, 1.54) is 4.68 Å². The number of aromatic nitrogens is 4. The number of phenolic OH excluding ortho intramolecular Hbond substituents is 1. The molecule has 0 unspecified atom stereocenters. The molecule has 1 saturated carbocycles. The van der Waals surface area contributed by atoms with Gasteiger partial charge in [-0.1, -0.05) is 12.1 Å². The van der Waals surface area contributed by atoms with E-state index >= 15 is 0 Å². The number of benzene rings is 2.